The maximum absolute atomic E-state index is 10.4. The van der Waals surface area contributed by atoms with E-state index in [1.165, 1.54) is 10.8 Å². The molecule has 0 aliphatic carbocycles. The van der Waals surface area contributed by atoms with Gasteiger partial charge in [0.25, 0.3) is 0 Å². The smallest absolute Gasteiger partial charge is 0.124 e. The molecule has 0 spiro atoms. The van der Waals surface area contributed by atoms with E-state index >= 15 is 0 Å². The number of hydrogen-bond donors (Lipinski definition) is 1. The Morgan fingerprint density at radius 3 is 1.86 bits per heavy atom. The largest absolute Gasteiger partial charge is 0.507 e. The van der Waals surface area contributed by atoms with Crippen molar-refractivity contribution in [3.63, 3.8) is 0 Å². The highest BCUT2D eigenvalue weighted by molar-refractivity contribution is 9.10. The first-order chi connectivity index (χ1) is 10.7. The lowest BCUT2D eigenvalue weighted by molar-refractivity contribution is 0.478. The average molecular weight is 349 g/mol. The minimum Gasteiger partial charge on any atom is -0.507 e. The Morgan fingerprint density at radius 2 is 1.23 bits per heavy atom. The highest BCUT2D eigenvalue weighted by Gasteiger charge is 2.07. The number of phenols is 1. The molecule has 0 bridgehead atoms. The van der Waals surface area contributed by atoms with Gasteiger partial charge in [0.2, 0.25) is 0 Å². The van der Waals surface area contributed by atoms with Gasteiger partial charge in [0.15, 0.2) is 0 Å². The van der Waals surface area contributed by atoms with E-state index in [2.05, 4.69) is 46.3 Å². The van der Waals surface area contributed by atoms with Crippen LogP contribution in [-0.2, 0) is 0 Å². The Hall–Kier alpha value is -2.32. The van der Waals surface area contributed by atoms with Gasteiger partial charge in [0.05, 0.1) is 0 Å². The van der Waals surface area contributed by atoms with Crippen LogP contribution in [0.4, 0.5) is 0 Å². The third-order valence-corrected chi connectivity index (χ3v) is 4.50. The van der Waals surface area contributed by atoms with Crippen molar-refractivity contribution in [3.05, 3.63) is 77.3 Å². The van der Waals surface area contributed by atoms with Crippen LogP contribution in [0.25, 0.3) is 32.7 Å². The molecule has 22 heavy (non-hydrogen) atoms. The molecule has 0 atom stereocenters. The second-order valence-electron chi connectivity index (χ2n) is 5.42. The lowest BCUT2D eigenvalue weighted by Gasteiger charge is -2.09. The summed E-state index contributed by atoms with van der Waals surface area (Å²) in [6.45, 7) is 0. The van der Waals surface area contributed by atoms with Gasteiger partial charge in [-0.2, -0.15) is 0 Å². The Balaban J connectivity index is 1.98. The molecular formula is C20H13BrO. The van der Waals surface area contributed by atoms with Gasteiger partial charge in [-0.25, -0.2) is 0 Å². The molecule has 0 radical (unpaired) electrons. The van der Waals surface area contributed by atoms with Crippen LogP contribution in [0.15, 0.2) is 77.3 Å². The molecule has 2 heteroatoms. The molecule has 0 saturated carbocycles. The second-order valence-corrected chi connectivity index (χ2v) is 6.34. The fourth-order valence-electron chi connectivity index (χ4n) is 2.84. The van der Waals surface area contributed by atoms with Gasteiger partial charge in [-0.3, -0.25) is 0 Å². The normalized spacial score (nSPS) is 11.1. The first kappa shape index (κ1) is 13.4. The zero-order valence-electron chi connectivity index (χ0n) is 11.8. The number of fused-ring (bicyclic) bond motifs is 2. The van der Waals surface area contributed by atoms with Crippen molar-refractivity contribution in [3.8, 4) is 16.9 Å². The van der Waals surface area contributed by atoms with Gasteiger partial charge in [0, 0.05) is 10.0 Å². The molecule has 0 unspecified atom stereocenters. The molecule has 0 saturated heterocycles. The zero-order chi connectivity index (χ0) is 15.1. The van der Waals surface area contributed by atoms with Crippen molar-refractivity contribution in [1.29, 1.82) is 0 Å². The number of halogens is 1. The third kappa shape index (κ3) is 2.26. The van der Waals surface area contributed by atoms with E-state index < -0.39 is 0 Å². The van der Waals surface area contributed by atoms with Crippen LogP contribution in [0.1, 0.15) is 0 Å². The molecule has 0 amide bonds. The molecule has 1 N–H and O–H groups in total. The number of phenolic OH excluding ortho intramolecular Hbond substituents is 1. The Morgan fingerprint density at radius 1 is 0.636 bits per heavy atom. The summed E-state index contributed by atoms with van der Waals surface area (Å²) in [5.41, 5.74) is 1.87. The highest BCUT2D eigenvalue weighted by Crippen LogP contribution is 2.35. The minimum absolute atomic E-state index is 0.310. The summed E-state index contributed by atoms with van der Waals surface area (Å²) in [4.78, 5) is 0. The number of benzene rings is 4. The van der Waals surface area contributed by atoms with E-state index in [-0.39, 0.29) is 0 Å². The molecule has 0 heterocycles. The van der Waals surface area contributed by atoms with Gasteiger partial charge < -0.3 is 5.11 Å². The summed E-state index contributed by atoms with van der Waals surface area (Å²) in [6, 6.07) is 24.5. The van der Waals surface area contributed by atoms with Crippen molar-refractivity contribution < 1.29 is 5.11 Å². The van der Waals surface area contributed by atoms with Crippen LogP contribution in [0.5, 0.6) is 5.75 Å². The van der Waals surface area contributed by atoms with Crippen LogP contribution >= 0.6 is 15.9 Å². The van der Waals surface area contributed by atoms with E-state index in [9.17, 15) is 5.11 Å². The Kier molecular flexibility index (Phi) is 3.12. The lowest BCUT2D eigenvalue weighted by Crippen LogP contribution is -1.82. The Bertz CT molecular complexity index is 988. The molecule has 0 aromatic heterocycles. The van der Waals surface area contributed by atoms with Gasteiger partial charge in [0.1, 0.15) is 5.75 Å². The molecule has 4 aromatic rings. The topological polar surface area (TPSA) is 20.2 Å². The van der Waals surface area contributed by atoms with Crippen LogP contribution in [0.2, 0.25) is 0 Å². The number of rotatable bonds is 1. The van der Waals surface area contributed by atoms with Crippen molar-refractivity contribution in [2.45, 2.75) is 0 Å². The van der Waals surface area contributed by atoms with E-state index in [4.69, 9.17) is 0 Å². The Labute approximate surface area is 137 Å². The van der Waals surface area contributed by atoms with Crippen LogP contribution in [0, 0.1) is 0 Å². The SMILES string of the molecule is Oc1cc2cc3ccccc3cc2cc1-c1ccc(Br)cc1. The van der Waals surface area contributed by atoms with E-state index in [1.54, 1.807) is 0 Å². The predicted molar refractivity (Wildman–Crippen MR) is 96.3 cm³/mol. The van der Waals surface area contributed by atoms with E-state index in [0.29, 0.717) is 5.75 Å². The average Bonchev–Trinajstić information content (AvgIpc) is 2.53. The lowest BCUT2D eigenvalue weighted by atomic mass is 9.98. The second kappa shape index (κ2) is 5.15. The van der Waals surface area contributed by atoms with Crippen molar-refractivity contribution in [2.24, 2.45) is 0 Å². The van der Waals surface area contributed by atoms with Crippen LogP contribution < -0.4 is 0 Å². The van der Waals surface area contributed by atoms with E-state index in [0.717, 1.165) is 26.4 Å². The molecule has 0 fully saturated rings. The maximum atomic E-state index is 10.4. The molecule has 0 aliphatic rings. The summed E-state index contributed by atoms with van der Waals surface area (Å²) >= 11 is 3.44. The quantitative estimate of drug-likeness (QED) is 0.410. The molecule has 1 nitrogen and oxygen atoms in total. The molecule has 106 valence electrons. The monoisotopic (exact) mass is 348 g/mol. The van der Waals surface area contributed by atoms with Crippen LogP contribution in [0.3, 0.4) is 0 Å². The molecular weight excluding hydrogens is 336 g/mol. The summed E-state index contributed by atoms with van der Waals surface area (Å²) in [7, 11) is 0. The van der Waals surface area contributed by atoms with Crippen molar-refractivity contribution in [1.82, 2.24) is 0 Å². The van der Waals surface area contributed by atoms with Crippen LogP contribution in [-0.4, -0.2) is 5.11 Å². The predicted octanol–water partition coefficient (Wildman–Crippen LogP) is 6.13. The first-order valence-electron chi connectivity index (χ1n) is 7.12. The fraction of sp³-hybridized carbons (Fsp3) is 0. The van der Waals surface area contributed by atoms with Gasteiger partial charge in [-0.05, 0) is 63.5 Å². The first-order valence-corrected chi connectivity index (χ1v) is 7.91. The molecule has 0 aliphatic heterocycles. The molecule has 4 aromatic carbocycles. The maximum Gasteiger partial charge on any atom is 0.124 e. The summed E-state index contributed by atoms with van der Waals surface area (Å²) < 4.78 is 1.03. The zero-order valence-corrected chi connectivity index (χ0v) is 13.3. The van der Waals surface area contributed by atoms with Crippen molar-refractivity contribution in [2.75, 3.05) is 0 Å². The number of hydrogen-bond acceptors (Lipinski definition) is 1. The highest BCUT2D eigenvalue weighted by atomic mass is 79.9. The third-order valence-electron chi connectivity index (χ3n) is 3.97. The summed E-state index contributed by atoms with van der Waals surface area (Å²) in [6.07, 6.45) is 0. The summed E-state index contributed by atoms with van der Waals surface area (Å²) in [5, 5.41) is 15.0. The van der Waals surface area contributed by atoms with Gasteiger partial charge in [-0.1, -0.05) is 52.3 Å². The van der Waals surface area contributed by atoms with E-state index in [1.807, 2.05) is 42.5 Å². The standard InChI is InChI=1S/C20H13BrO/c21-18-7-5-13(6-8-18)19-11-16-9-14-3-1-2-4-15(14)10-17(16)12-20(19)22/h1-12,22H. The van der Waals surface area contributed by atoms with Crippen molar-refractivity contribution >= 4 is 37.5 Å². The summed E-state index contributed by atoms with van der Waals surface area (Å²) in [5.74, 6) is 0.310. The van der Waals surface area contributed by atoms with Gasteiger partial charge in [-0.15, -0.1) is 0 Å². The minimum atomic E-state index is 0.310. The fourth-order valence-corrected chi connectivity index (χ4v) is 3.11. The number of aromatic hydroxyl groups is 1. The molecule has 4 rings (SSSR count). The van der Waals surface area contributed by atoms with Gasteiger partial charge >= 0.3 is 0 Å².